The SMILES string of the molecule is CCC1(CC)CN(c2ncnc3[nH]ncc23)C1. The lowest BCUT2D eigenvalue weighted by atomic mass is 9.75. The predicted octanol–water partition coefficient (Wildman–Crippen LogP) is 1.98. The Kier molecular flexibility index (Phi) is 2.28. The average molecular weight is 231 g/mol. The van der Waals surface area contributed by atoms with Crippen molar-refractivity contribution in [3.8, 4) is 0 Å². The number of hydrogen-bond acceptors (Lipinski definition) is 4. The minimum absolute atomic E-state index is 0.487. The third kappa shape index (κ3) is 1.49. The maximum Gasteiger partial charge on any atom is 0.160 e. The van der Waals surface area contributed by atoms with Crippen molar-refractivity contribution in [2.24, 2.45) is 5.41 Å². The van der Waals surface area contributed by atoms with Gasteiger partial charge >= 0.3 is 0 Å². The second-order valence-corrected chi connectivity index (χ2v) is 4.89. The van der Waals surface area contributed by atoms with Crippen molar-refractivity contribution in [1.82, 2.24) is 20.2 Å². The van der Waals surface area contributed by atoms with E-state index in [0.29, 0.717) is 5.41 Å². The Bertz CT molecular complexity index is 520. The van der Waals surface area contributed by atoms with E-state index in [0.717, 1.165) is 29.9 Å². The highest BCUT2D eigenvalue weighted by atomic mass is 15.3. The van der Waals surface area contributed by atoms with Crippen molar-refractivity contribution in [2.75, 3.05) is 18.0 Å². The molecule has 1 fully saturated rings. The number of hydrogen-bond donors (Lipinski definition) is 1. The van der Waals surface area contributed by atoms with Crippen LogP contribution in [0.15, 0.2) is 12.5 Å². The van der Waals surface area contributed by atoms with Gasteiger partial charge in [0.1, 0.15) is 12.1 Å². The maximum atomic E-state index is 4.39. The van der Waals surface area contributed by atoms with E-state index < -0.39 is 0 Å². The minimum Gasteiger partial charge on any atom is -0.355 e. The molecule has 3 heterocycles. The highest BCUT2D eigenvalue weighted by Gasteiger charge is 2.40. The van der Waals surface area contributed by atoms with Gasteiger partial charge in [0.15, 0.2) is 5.65 Å². The number of rotatable bonds is 3. The number of aromatic amines is 1. The normalized spacial score (nSPS) is 18.4. The summed E-state index contributed by atoms with van der Waals surface area (Å²) in [5.74, 6) is 1.02. The van der Waals surface area contributed by atoms with Gasteiger partial charge in [0.25, 0.3) is 0 Å². The Hall–Kier alpha value is -1.65. The summed E-state index contributed by atoms with van der Waals surface area (Å²) in [6.45, 7) is 6.73. The van der Waals surface area contributed by atoms with Gasteiger partial charge in [0.2, 0.25) is 0 Å². The van der Waals surface area contributed by atoms with E-state index in [1.165, 1.54) is 12.8 Å². The smallest absolute Gasteiger partial charge is 0.160 e. The molecule has 0 amide bonds. The first-order valence-electron chi connectivity index (χ1n) is 6.17. The van der Waals surface area contributed by atoms with Gasteiger partial charge in [-0.05, 0) is 12.8 Å². The van der Waals surface area contributed by atoms with Crippen LogP contribution in [0.1, 0.15) is 26.7 Å². The number of fused-ring (bicyclic) bond motifs is 1. The Morgan fingerprint density at radius 2 is 2.06 bits per heavy atom. The summed E-state index contributed by atoms with van der Waals surface area (Å²) >= 11 is 0. The van der Waals surface area contributed by atoms with Crippen LogP contribution in [-0.2, 0) is 0 Å². The first-order chi connectivity index (χ1) is 8.28. The lowest BCUT2D eigenvalue weighted by Crippen LogP contribution is -2.56. The van der Waals surface area contributed by atoms with Crippen LogP contribution >= 0.6 is 0 Å². The van der Waals surface area contributed by atoms with E-state index in [4.69, 9.17) is 0 Å². The second kappa shape index (κ2) is 3.68. The molecule has 0 bridgehead atoms. The molecule has 0 atom stereocenters. The molecule has 0 unspecified atom stereocenters. The van der Waals surface area contributed by atoms with Gasteiger partial charge in [0.05, 0.1) is 11.6 Å². The third-order valence-corrected chi connectivity index (χ3v) is 4.08. The summed E-state index contributed by atoms with van der Waals surface area (Å²) in [6, 6.07) is 0. The summed E-state index contributed by atoms with van der Waals surface area (Å²) in [4.78, 5) is 10.9. The van der Waals surface area contributed by atoms with Crippen LogP contribution in [0.3, 0.4) is 0 Å². The molecule has 1 N–H and O–H groups in total. The Morgan fingerprint density at radius 3 is 2.76 bits per heavy atom. The Morgan fingerprint density at radius 1 is 1.29 bits per heavy atom. The van der Waals surface area contributed by atoms with Crippen LogP contribution in [0.2, 0.25) is 0 Å². The molecule has 5 nitrogen and oxygen atoms in total. The molecular weight excluding hydrogens is 214 g/mol. The Balaban J connectivity index is 1.90. The first kappa shape index (κ1) is 10.5. The van der Waals surface area contributed by atoms with E-state index in [2.05, 4.69) is 38.9 Å². The third-order valence-electron chi connectivity index (χ3n) is 4.08. The van der Waals surface area contributed by atoms with E-state index in [1.54, 1.807) is 6.33 Å². The van der Waals surface area contributed by atoms with Crippen LogP contribution in [0.25, 0.3) is 11.0 Å². The van der Waals surface area contributed by atoms with Crippen molar-refractivity contribution in [3.05, 3.63) is 12.5 Å². The largest absolute Gasteiger partial charge is 0.355 e. The van der Waals surface area contributed by atoms with Crippen molar-refractivity contribution >= 4 is 16.9 Å². The van der Waals surface area contributed by atoms with Gasteiger partial charge in [-0.2, -0.15) is 5.10 Å². The molecule has 0 radical (unpaired) electrons. The highest BCUT2D eigenvalue weighted by molar-refractivity contribution is 5.86. The summed E-state index contributed by atoms with van der Waals surface area (Å²) in [6.07, 6.45) is 5.88. The molecule has 17 heavy (non-hydrogen) atoms. The highest BCUT2D eigenvalue weighted by Crippen LogP contribution is 2.40. The fourth-order valence-corrected chi connectivity index (χ4v) is 2.61. The molecule has 90 valence electrons. The zero-order valence-electron chi connectivity index (χ0n) is 10.3. The van der Waals surface area contributed by atoms with E-state index >= 15 is 0 Å². The average Bonchev–Trinajstić information content (AvgIpc) is 2.77. The number of anilines is 1. The number of aromatic nitrogens is 4. The van der Waals surface area contributed by atoms with Gasteiger partial charge < -0.3 is 4.90 Å². The molecular formula is C12H17N5. The molecule has 5 heteroatoms. The zero-order chi connectivity index (χ0) is 11.9. The topological polar surface area (TPSA) is 57.7 Å². The summed E-state index contributed by atoms with van der Waals surface area (Å²) < 4.78 is 0. The predicted molar refractivity (Wildman–Crippen MR) is 66.9 cm³/mol. The van der Waals surface area contributed by atoms with Crippen molar-refractivity contribution in [3.63, 3.8) is 0 Å². The van der Waals surface area contributed by atoms with Gasteiger partial charge in [0, 0.05) is 18.5 Å². The van der Waals surface area contributed by atoms with Crippen molar-refractivity contribution in [1.29, 1.82) is 0 Å². The fourth-order valence-electron chi connectivity index (χ4n) is 2.61. The second-order valence-electron chi connectivity index (χ2n) is 4.89. The number of H-pyrrole nitrogens is 1. The van der Waals surface area contributed by atoms with Crippen molar-refractivity contribution < 1.29 is 0 Å². The molecule has 1 saturated heterocycles. The minimum atomic E-state index is 0.487. The van der Waals surface area contributed by atoms with Crippen LogP contribution in [0.5, 0.6) is 0 Å². The molecule has 0 saturated carbocycles. The molecule has 0 spiro atoms. The maximum absolute atomic E-state index is 4.39. The van der Waals surface area contributed by atoms with E-state index in [-0.39, 0.29) is 0 Å². The van der Waals surface area contributed by atoms with Gasteiger partial charge in [-0.25, -0.2) is 9.97 Å². The number of nitrogens with zero attached hydrogens (tertiary/aromatic N) is 4. The zero-order valence-corrected chi connectivity index (χ0v) is 10.3. The summed E-state index contributed by atoms with van der Waals surface area (Å²) in [5.41, 5.74) is 1.31. The monoisotopic (exact) mass is 231 g/mol. The fraction of sp³-hybridized carbons (Fsp3) is 0.583. The van der Waals surface area contributed by atoms with Crippen LogP contribution in [0.4, 0.5) is 5.82 Å². The quantitative estimate of drug-likeness (QED) is 0.877. The standard InChI is InChI=1S/C12H17N5/c1-3-12(4-2)6-17(7-12)11-9-5-15-16-10(9)13-8-14-11/h5,8H,3-4,6-7H2,1-2H3,(H,13,14,15,16). The van der Waals surface area contributed by atoms with E-state index in [9.17, 15) is 0 Å². The van der Waals surface area contributed by atoms with Crippen molar-refractivity contribution in [2.45, 2.75) is 26.7 Å². The van der Waals surface area contributed by atoms with Gasteiger partial charge in [-0.1, -0.05) is 13.8 Å². The molecule has 1 aliphatic rings. The molecule has 2 aromatic rings. The Labute approximate surface area is 100 Å². The molecule has 1 aliphatic heterocycles. The van der Waals surface area contributed by atoms with E-state index in [1.807, 2.05) is 6.20 Å². The molecule has 0 aromatic carbocycles. The first-order valence-corrected chi connectivity index (χ1v) is 6.17. The van der Waals surface area contributed by atoms with Gasteiger partial charge in [-0.3, -0.25) is 5.10 Å². The lowest BCUT2D eigenvalue weighted by Gasteiger charge is -2.50. The van der Waals surface area contributed by atoms with Gasteiger partial charge in [-0.15, -0.1) is 0 Å². The molecule has 2 aromatic heterocycles. The van der Waals surface area contributed by atoms with Crippen LogP contribution in [0, 0.1) is 5.41 Å². The number of nitrogens with one attached hydrogen (secondary N) is 1. The summed E-state index contributed by atoms with van der Waals surface area (Å²) in [5, 5.41) is 7.93. The van der Waals surface area contributed by atoms with Crippen LogP contribution in [-0.4, -0.2) is 33.3 Å². The molecule has 0 aliphatic carbocycles. The molecule has 3 rings (SSSR count). The van der Waals surface area contributed by atoms with Crippen LogP contribution < -0.4 is 4.90 Å². The lowest BCUT2D eigenvalue weighted by molar-refractivity contribution is 0.194. The summed E-state index contributed by atoms with van der Waals surface area (Å²) in [7, 11) is 0.